The fourth-order valence-corrected chi connectivity index (χ4v) is 2.04. The van der Waals surface area contributed by atoms with Gasteiger partial charge in [-0.25, -0.2) is 4.39 Å². The van der Waals surface area contributed by atoms with E-state index < -0.39 is 17.8 Å². The average Bonchev–Trinajstić information content (AvgIpc) is 2.56. The summed E-state index contributed by atoms with van der Waals surface area (Å²) in [5, 5.41) is 11.4. The van der Waals surface area contributed by atoms with Crippen LogP contribution in [0.4, 0.5) is 4.39 Å². The number of rotatable bonds is 5. The smallest absolute Gasteiger partial charge is 0.254 e. The summed E-state index contributed by atoms with van der Waals surface area (Å²) < 4.78 is 18.9. The lowest BCUT2D eigenvalue weighted by molar-refractivity contribution is -0.131. The molecule has 0 aliphatic rings. The fourth-order valence-electron chi connectivity index (χ4n) is 2.04. The van der Waals surface area contributed by atoms with E-state index >= 15 is 0 Å². The van der Waals surface area contributed by atoms with Crippen LogP contribution >= 0.6 is 0 Å². The summed E-state index contributed by atoms with van der Waals surface area (Å²) in [4.78, 5) is 12.2. The summed E-state index contributed by atoms with van der Waals surface area (Å²) in [6.07, 6.45) is -1.00. The number of amides is 1. The van der Waals surface area contributed by atoms with Crippen LogP contribution in [-0.2, 0) is 16.1 Å². The van der Waals surface area contributed by atoms with Gasteiger partial charge in [-0.3, -0.25) is 4.79 Å². The molecular formula is C17H15FN2O2. The minimum atomic E-state index is -1.00. The van der Waals surface area contributed by atoms with Crippen LogP contribution in [-0.4, -0.2) is 13.0 Å². The molecular weight excluding hydrogens is 283 g/mol. The Morgan fingerprint density at radius 2 is 1.95 bits per heavy atom. The molecule has 0 saturated carbocycles. The zero-order chi connectivity index (χ0) is 15.9. The minimum Gasteiger partial charge on any atom is -0.367 e. The van der Waals surface area contributed by atoms with Crippen molar-refractivity contribution < 1.29 is 13.9 Å². The van der Waals surface area contributed by atoms with Crippen LogP contribution in [0, 0.1) is 17.1 Å². The molecule has 1 N–H and O–H groups in total. The number of carbonyl (C=O) groups excluding carboxylic acids is 1. The lowest BCUT2D eigenvalue weighted by Gasteiger charge is -2.16. The lowest BCUT2D eigenvalue weighted by atomic mass is 10.1. The summed E-state index contributed by atoms with van der Waals surface area (Å²) >= 11 is 0. The largest absolute Gasteiger partial charge is 0.367 e. The van der Waals surface area contributed by atoms with Gasteiger partial charge in [-0.05, 0) is 23.8 Å². The van der Waals surface area contributed by atoms with Crippen molar-refractivity contribution in [2.75, 3.05) is 7.11 Å². The van der Waals surface area contributed by atoms with Gasteiger partial charge >= 0.3 is 0 Å². The van der Waals surface area contributed by atoms with E-state index in [0.717, 1.165) is 5.56 Å². The number of benzene rings is 2. The first kappa shape index (κ1) is 15.7. The number of nitriles is 1. The summed E-state index contributed by atoms with van der Waals surface area (Å²) in [6, 6.07) is 14.9. The van der Waals surface area contributed by atoms with Crippen molar-refractivity contribution >= 4 is 5.91 Å². The highest BCUT2D eigenvalue weighted by atomic mass is 19.1. The van der Waals surface area contributed by atoms with Crippen molar-refractivity contribution in [1.82, 2.24) is 5.32 Å². The predicted molar refractivity (Wildman–Crippen MR) is 79.2 cm³/mol. The molecule has 0 spiro atoms. The highest BCUT2D eigenvalue weighted by molar-refractivity contribution is 5.82. The van der Waals surface area contributed by atoms with Gasteiger partial charge in [0.25, 0.3) is 5.91 Å². The van der Waals surface area contributed by atoms with Crippen LogP contribution in [0.5, 0.6) is 0 Å². The molecule has 22 heavy (non-hydrogen) atoms. The second-order valence-electron chi connectivity index (χ2n) is 4.66. The lowest BCUT2D eigenvalue weighted by Crippen LogP contribution is -2.30. The van der Waals surface area contributed by atoms with Crippen molar-refractivity contribution in [3.8, 4) is 6.07 Å². The molecule has 1 unspecified atom stereocenters. The van der Waals surface area contributed by atoms with E-state index in [1.807, 2.05) is 6.07 Å². The number of ether oxygens (including phenoxy) is 1. The SMILES string of the molecule is COC(C(=O)NCc1ccc(C#N)cc1)c1ccccc1F. The first-order chi connectivity index (χ1) is 10.7. The topological polar surface area (TPSA) is 62.1 Å². The molecule has 112 valence electrons. The Balaban J connectivity index is 2.03. The van der Waals surface area contributed by atoms with Gasteiger partial charge in [-0.15, -0.1) is 0 Å². The molecule has 0 aliphatic carbocycles. The number of carbonyl (C=O) groups is 1. The first-order valence-electron chi connectivity index (χ1n) is 6.69. The number of nitrogens with zero attached hydrogens (tertiary/aromatic N) is 1. The molecule has 1 atom stereocenters. The fraction of sp³-hybridized carbons (Fsp3) is 0.176. The molecule has 0 fully saturated rings. The highest BCUT2D eigenvalue weighted by Crippen LogP contribution is 2.20. The maximum absolute atomic E-state index is 13.7. The van der Waals surface area contributed by atoms with E-state index in [2.05, 4.69) is 5.32 Å². The molecule has 0 aliphatic heterocycles. The second-order valence-corrected chi connectivity index (χ2v) is 4.66. The van der Waals surface area contributed by atoms with Crippen LogP contribution in [0.3, 0.4) is 0 Å². The number of halogens is 1. The van der Waals surface area contributed by atoms with Crippen molar-refractivity contribution in [2.24, 2.45) is 0 Å². The van der Waals surface area contributed by atoms with Gasteiger partial charge in [-0.1, -0.05) is 30.3 Å². The van der Waals surface area contributed by atoms with Crippen molar-refractivity contribution in [1.29, 1.82) is 5.26 Å². The molecule has 1 amide bonds. The van der Waals surface area contributed by atoms with Crippen LogP contribution in [0.2, 0.25) is 0 Å². The molecule has 0 saturated heterocycles. The molecule has 0 aromatic heterocycles. The zero-order valence-corrected chi connectivity index (χ0v) is 12.0. The maximum atomic E-state index is 13.7. The predicted octanol–water partition coefficient (Wildman–Crippen LogP) is 2.70. The molecule has 4 nitrogen and oxygen atoms in total. The number of hydrogen-bond donors (Lipinski definition) is 1. The van der Waals surface area contributed by atoms with E-state index in [0.29, 0.717) is 5.56 Å². The van der Waals surface area contributed by atoms with Gasteiger partial charge in [0.1, 0.15) is 5.82 Å². The summed E-state index contributed by atoms with van der Waals surface area (Å²) in [5.74, 6) is -0.903. The number of nitrogens with one attached hydrogen (secondary N) is 1. The van der Waals surface area contributed by atoms with Crippen molar-refractivity contribution in [3.05, 3.63) is 71.0 Å². The van der Waals surface area contributed by atoms with Crippen LogP contribution in [0.25, 0.3) is 0 Å². The number of hydrogen-bond acceptors (Lipinski definition) is 3. The van der Waals surface area contributed by atoms with E-state index in [9.17, 15) is 9.18 Å². The summed E-state index contributed by atoms with van der Waals surface area (Å²) in [7, 11) is 1.36. The highest BCUT2D eigenvalue weighted by Gasteiger charge is 2.22. The molecule has 5 heteroatoms. The van der Waals surface area contributed by atoms with Crippen LogP contribution < -0.4 is 5.32 Å². The van der Waals surface area contributed by atoms with Gasteiger partial charge in [0.2, 0.25) is 0 Å². The third-order valence-electron chi connectivity index (χ3n) is 3.21. The monoisotopic (exact) mass is 298 g/mol. The van der Waals surface area contributed by atoms with Gasteiger partial charge < -0.3 is 10.1 Å². The van der Waals surface area contributed by atoms with Gasteiger partial charge in [0.05, 0.1) is 11.6 Å². The maximum Gasteiger partial charge on any atom is 0.254 e. The van der Waals surface area contributed by atoms with E-state index in [4.69, 9.17) is 10.00 Å². The minimum absolute atomic E-state index is 0.197. The second kappa shape index (κ2) is 7.34. The normalized spacial score (nSPS) is 11.5. The first-order valence-corrected chi connectivity index (χ1v) is 6.69. The van der Waals surface area contributed by atoms with Crippen molar-refractivity contribution in [3.63, 3.8) is 0 Å². The third-order valence-corrected chi connectivity index (χ3v) is 3.21. The average molecular weight is 298 g/mol. The third kappa shape index (κ3) is 3.68. The van der Waals surface area contributed by atoms with Crippen LogP contribution in [0.1, 0.15) is 22.8 Å². The Labute approximate surface area is 128 Å². The molecule has 0 bridgehead atoms. The molecule has 0 heterocycles. The van der Waals surface area contributed by atoms with Crippen molar-refractivity contribution in [2.45, 2.75) is 12.6 Å². The molecule has 0 radical (unpaired) electrons. The van der Waals surface area contributed by atoms with E-state index in [1.54, 1.807) is 36.4 Å². The summed E-state index contributed by atoms with van der Waals surface area (Å²) in [6.45, 7) is 0.277. The Hall–Kier alpha value is -2.71. The molecule has 2 aromatic rings. The Kier molecular flexibility index (Phi) is 5.23. The Bertz CT molecular complexity index is 693. The van der Waals surface area contributed by atoms with Gasteiger partial charge in [0, 0.05) is 19.2 Å². The van der Waals surface area contributed by atoms with E-state index in [-0.39, 0.29) is 12.1 Å². The standard InChI is InChI=1S/C17H15FN2O2/c1-22-16(14-4-2-3-5-15(14)18)17(21)20-11-13-8-6-12(10-19)7-9-13/h2-9,16H,11H2,1H3,(H,20,21). The Morgan fingerprint density at radius 3 is 2.55 bits per heavy atom. The molecule has 2 rings (SSSR count). The quantitative estimate of drug-likeness (QED) is 0.923. The Morgan fingerprint density at radius 1 is 1.27 bits per heavy atom. The van der Waals surface area contributed by atoms with Crippen LogP contribution in [0.15, 0.2) is 48.5 Å². The number of methoxy groups -OCH3 is 1. The zero-order valence-electron chi connectivity index (χ0n) is 12.0. The van der Waals surface area contributed by atoms with E-state index in [1.165, 1.54) is 19.2 Å². The van der Waals surface area contributed by atoms with Gasteiger partial charge in [-0.2, -0.15) is 5.26 Å². The summed E-state index contributed by atoms with van der Waals surface area (Å²) in [5.41, 5.74) is 1.59. The van der Waals surface area contributed by atoms with Gasteiger partial charge in [0.15, 0.2) is 6.10 Å². The molecule has 2 aromatic carbocycles.